The summed E-state index contributed by atoms with van der Waals surface area (Å²) in [5, 5.41) is 11.1. The maximum absolute atomic E-state index is 11.6. The van der Waals surface area contributed by atoms with Crippen LogP contribution >= 0.6 is 0 Å². The van der Waals surface area contributed by atoms with E-state index < -0.39 is 23.6 Å². The standard InChI is InChI=1S/C11H13NO5/c1-6-5-8(13)10(11(16)17-6)7(2)12-4-3-9(14)15/h5,10,12H,2-4H2,1H3,(H,14,15)/t10-/m1/s1. The summed E-state index contributed by atoms with van der Waals surface area (Å²) in [6, 6.07) is 0. The first-order valence-corrected chi connectivity index (χ1v) is 5.00. The van der Waals surface area contributed by atoms with E-state index in [9.17, 15) is 14.4 Å². The van der Waals surface area contributed by atoms with Gasteiger partial charge in [0.1, 0.15) is 5.76 Å². The van der Waals surface area contributed by atoms with Crippen LogP contribution in [0.4, 0.5) is 0 Å². The van der Waals surface area contributed by atoms with Gasteiger partial charge in [-0.2, -0.15) is 0 Å². The Morgan fingerprint density at radius 1 is 1.59 bits per heavy atom. The van der Waals surface area contributed by atoms with Crippen LogP contribution in [-0.2, 0) is 19.1 Å². The quantitative estimate of drug-likeness (QED) is 0.526. The Hall–Kier alpha value is -2.11. The molecule has 1 rings (SSSR count). The van der Waals surface area contributed by atoms with Crippen molar-refractivity contribution in [3.8, 4) is 0 Å². The maximum atomic E-state index is 11.6. The van der Waals surface area contributed by atoms with Crippen LogP contribution in [0.1, 0.15) is 13.3 Å². The van der Waals surface area contributed by atoms with E-state index in [4.69, 9.17) is 9.84 Å². The SMILES string of the molecule is C=C(NCCC(=O)O)[C@@H]1C(=O)C=C(C)OC1=O. The van der Waals surface area contributed by atoms with Crippen molar-refractivity contribution >= 4 is 17.7 Å². The van der Waals surface area contributed by atoms with Crippen molar-refractivity contribution < 1.29 is 24.2 Å². The number of hydrogen-bond acceptors (Lipinski definition) is 5. The zero-order valence-corrected chi connectivity index (χ0v) is 9.36. The molecule has 17 heavy (non-hydrogen) atoms. The van der Waals surface area contributed by atoms with Crippen LogP contribution in [0.5, 0.6) is 0 Å². The zero-order chi connectivity index (χ0) is 13.0. The van der Waals surface area contributed by atoms with Crippen LogP contribution in [0.15, 0.2) is 24.1 Å². The Morgan fingerprint density at radius 2 is 2.24 bits per heavy atom. The lowest BCUT2D eigenvalue weighted by atomic mass is 9.98. The molecule has 0 spiro atoms. The predicted molar refractivity (Wildman–Crippen MR) is 57.7 cm³/mol. The van der Waals surface area contributed by atoms with E-state index in [2.05, 4.69) is 11.9 Å². The molecule has 0 aromatic heterocycles. The molecule has 0 saturated carbocycles. The van der Waals surface area contributed by atoms with Crippen LogP contribution in [0.25, 0.3) is 0 Å². The van der Waals surface area contributed by atoms with Gasteiger partial charge in [-0.25, -0.2) is 0 Å². The number of esters is 1. The molecule has 6 nitrogen and oxygen atoms in total. The second kappa shape index (κ2) is 5.29. The smallest absolute Gasteiger partial charge is 0.327 e. The molecule has 1 atom stereocenters. The Labute approximate surface area is 97.9 Å². The molecule has 1 aliphatic heterocycles. The van der Waals surface area contributed by atoms with Gasteiger partial charge in [0.2, 0.25) is 0 Å². The largest absolute Gasteiger partial charge is 0.481 e. The number of aliphatic carboxylic acids is 1. The lowest BCUT2D eigenvalue weighted by Crippen LogP contribution is -2.35. The van der Waals surface area contributed by atoms with Crippen LogP contribution in [-0.4, -0.2) is 29.4 Å². The van der Waals surface area contributed by atoms with E-state index in [0.29, 0.717) is 0 Å². The first kappa shape index (κ1) is 13.0. The average molecular weight is 239 g/mol. The molecule has 0 bridgehead atoms. The summed E-state index contributed by atoms with van der Waals surface area (Å²) in [5.41, 5.74) is 0.157. The number of cyclic esters (lactones) is 1. The van der Waals surface area contributed by atoms with Gasteiger partial charge >= 0.3 is 11.9 Å². The van der Waals surface area contributed by atoms with E-state index in [1.54, 1.807) is 0 Å². The van der Waals surface area contributed by atoms with Crippen molar-refractivity contribution in [2.45, 2.75) is 13.3 Å². The van der Waals surface area contributed by atoms with Crippen molar-refractivity contribution in [1.82, 2.24) is 5.32 Å². The summed E-state index contributed by atoms with van der Waals surface area (Å²) >= 11 is 0. The molecule has 92 valence electrons. The number of hydrogen-bond donors (Lipinski definition) is 2. The summed E-state index contributed by atoms with van der Waals surface area (Å²) in [6.45, 7) is 5.16. The fourth-order valence-electron chi connectivity index (χ4n) is 1.39. The number of nitrogens with one attached hydrogen (secondary N) is 1. The molecular weight excluding hydrogens is 226 g/mol. The van der Waals surface area contributed by atoms with Gasteiger partial charge in [-0.3, -0.25) is 14.4 Å². The summed E-state index contributed by atoms with van der Waals surface area (Å²) in [4.78, 5) is 33.3. The predicted octanol–water partition coefficient (Wildman–Crippen LogP) is 0.210. The lowest BCUT2D eigenvalue weighted by Gasteiger charge is -2.20. The molecule has 2 N–H and O–H groups in total. The van der Waals surface area contributed by atoms with Gasteiger partial charge in [0.25, 0.3) is 0 Å². The third-order valence-corrected chi connectivity index (χ3v) is 2.17. The fourth-order valence-corrected chi connectivity index (χ4v) is 1.39. The van der Waals surface area contributed by atoms with Gasteiger partial charge in [0.15, 0.2) is 11.7 Å². The van der Waals surface area contributed by atoms with Gasteiger partial charge in [0, 0.05) is 18.3 Å². The number of carbonyl (C=O) groups is 3. The van der Waals surface area contributed by atoms with Gasteiger partial charge in [-0.15, -0.1) is 0 Å². The molecule has 6 heteroatoms. The van der Waals surface area contributed by atoms with Crippen molar-refractivity contribution in [1.29, 1.82) is 0 Å². The van der Waals surface area contributed by atoms with Gasteiger partial charge in [-0.05, 0) is 6.92 Å². The van der Waals surface area contributed by atoms with Crippen molar-refractivity contribution in [3.63, 3.8) is 0 Å². The monoisotopic (exact) mass is 239 g/mol. The molecule has 0 radical (unpaired) electrons. The van der Waals surface area contributed by atoms with E-state index >= 15 is 0 Å². The summed E-state index contributed by atoms with van der Waals surface area (Å²) in [5.74, 6) is -2.92. The highest BCUT2D eigenvalue weighted by Gasteiger charge is 2.33. The second-order valence-corrected chi connectivity index (χ2v) is 3.61. The minimum atomic E-state index is -1.09. The van der Waals surface area contributed by atoms with E-state index in [0.717, 1.165) is 0 Å². The molecule has 0 amide bonds. The minimum Gasteiger partial charge on any atom is -0.481 e. The molecule has 0 unspecified atom stereocenters. The fraction of sp³-hybridized carbons (Fsp3) is 0.364. The number of ether oxygens (including phenoxy) is 1. The van der Waals surface area contributed by atoms with Crippen molar-refractivity contribution in [2.75, 3.05) is 6.54 Å². The Balaban J connectivity index is 2.60. The molecular formula is C11H13NO5. The van der Waals surface area contributed by atoms with Gasteiger partial charge < -0.3 is 15.2 Å². The summed E-state index contributed by atoms with van der Waals surface area (Å²) in [6.07, 6.45) is 1.10. The van der Waals surface area contributed by atoms with Gasteiger partial charge in [0.05, 0.1) is 6.42 Å². The Bertz CT molecular complexity index is 410. The highest BCUT2D eigenvalue weighted by Crippen LogP contribution is 2.19. The normalized spacial score (nSPS) is 19.4. The van der Waals surface area contributed by atoms with Crippen LogP contribution in [0.3, 0.4) is 0 Å². The number of rotatable bonds is 5. The molecule has 0 saturated heterocycles. The lowest BCUT2D eigenvalue weighted by molar-refractivity contribution is -0.147. The summed E-state index contributed by atoms with van der Waals surface area (Å²) < 4.78 is 4.80. The van der Waals surface area contributed by atoms with E-state index in [1.165, 1.54) is 13.0 Å². The zero-order valence-electron chi connectivity index (χ0n) is 9.36. The minimum absolute atomic E-state index is 0.105. The number of ketones is 1. The average Bonchev–Trinajstić information content (AvgIpc) is 2.14. The number of carboxylic acids is 1. The third kappa shape index (κ3) is 3.44. The maximum Gasteiger partial charge on any atom is 0.327 e. The highest BCUT2D eigenvalue weighted by molar-refractivity contribution is 6.09. The Morgan fingerprint density at radius 3 is 2.76 bits per heavy atom. The first-order chi connectivity index (χ1) is 7.91. The first-order valence-electron chi connectivity index (χ1n) is 5.00. The third-order valence-electron chi connectivity index (χ3n) is 2.17. The molecule has 0 aromatic rings. The van der Waals surface area contributed by atoms with E-state index in [1.807, 2.05) is 0 Å². The highest BCUT2D eigenvalue weighted by atomic mass is 16.5. The van der Waals surface area contributed by atoms with Crippen LogP contribution in [0, 0.1) is 5.92 Å². The van der Waals surface area contributed by atoms with Crippen LogP contribution < -0.4 is 5.32 Å². The number of carboxylic acid groups (broad SMARTS) is 1. The molecule has 1 aliphatic rings. The molecule has 0 fully saturated rings. The number of allylic oxidation sites excluding steroid dienone is 2. The Kier molecular flexibility index (Phi) is 4.03. The second-order valence-electron chi connectivity index (χ2n) is 3.61. The van der Waals surface area contributed by atoms with Crippen molar-refractivity contribution in [3.05, 3.63) is 24.1 Å². The summed E-state index contributed by atoms with van der Waals surface area (Å²) in [7, 11) is 0. The van der Waals surface area contributed by atoms with Crippen LogP contribution in [0.2, 0.25) is 0 Å². The molecule has 1 heterocycles. The molecule has 0 aromatic carbocycles. The van der Waals surface area contributed by atoms with Crippen molar-refractivity contribution in [2.24, 2.45) is 5.92 Å². The molecule has 0 aliphatic carbocycles. The van der Waals surface area contributed by atoms with Gasteiger partial charge in [-0.1, -0.05) is 6.58 Å². The topological polar surface area (TPSA) is 92.7 Å². The number of carbonyl (C=O) groups excluding carboxylic acids is 2. The van der Waals surface area contributed by atoms with E-state index in [-0.39, 0.29) is 24.4 Å².